The van der Waals surface area contributed by atoms with Crippen molar-refractivity contribution in [3.63, 3.8) is 0 Å². The van der Waals surface area contributed by atoms with Crippen LogP contribution < -0.4 is 0 Å². The average molecular weight is 217 g/mol. The van der Waals surface area contributed by atoms with Gasteiger partial charge in [0.05, 0.1) is 10.7 Å². The zero-order valence-electron chi connectivity index (χ0n) is 8.03. The van der Waals surface area contributed by atoms with Crippen LogP contribution in [0, 0.1) is 0 Å². The first-order valence-electron chi connectivity index (χ1n) is 4.57. The fourth-order valence-corrected chi connectivity index (χ4v) is 1.47. The van der Waals surface area contributed by atoms with E-state index < -0.39 is 5.97 Å². The molecule has 1 rings (SSSR count). The Kier molecular flexibility index (Phi) is 3.95. The number of aliphatic carboxylic acids is 1. The molecule has 0 amide bonds. The van der Waals surface area contributed by atoms with Crippen LogP contribution in [-0.2, 0) is 17.8 Å². The second-order valence-electron chi connectivity index (χ2n) is 3.04. The normalized spacial score (nSPS) is 10.4. The fraction of sp³-hybridized carbons (Fsp3) is 0.556. The summed E-state index contributed by atoms with van der Waals surface area (Å²) in [5, 5.41) is 13.3. The van der Waals surface area contributed by atoms with Crippen LogP contribution in [-0.4, -0.2) is 20.9 Å². The Morgan fingerprint density at radius 1 is 1.71 bits per heavy atom. The number of hydrogen-bond acceptors (Lipinski definition) is 2. The predicted molar refractivity (Wildman–Crippen MR) is 53.5 cm³/mol. The van der Waals surface area contributed by atoms with Gasteiger partial charge in [0.15, 0.2) is 0 Å². The summed E-state index contributed by atoms with van der Waals surface area (Å²) in [4.78, 5) is 10.3. The van der Waals surface area contributed by atoms with Gasteiger partial charge in [0.25, 0.3) is 0 Å². The third-order valence-corrected chi connectivity index (χ3v) is 2.22. The molecule has 0 bridgehead atoms. The molecule has 0 saturated carbocycles. The van der Waals surface area contributed by atoms with E-state index in [0.717, 1.165) is 12.1 Å². The molecule has 1 N–H and O–H groups in total. The van der Waals surface area contributed by atoms with Crippen LogP contribution in [0.1, 0.15) is 25.5 Å². The molecule has 0 atom stereocenters. The molecule has 0 unspecified atom stereocenters. The summed E-state index contributed by atoms with van der Waals surface area (Å²) < 4.78 is 1.70. The molecule has 14 heavy (non-hydrogen) atoms. The smallest absolute Gasteiger partial charge is 0.303 e. The van der Waals surface area contributed by atoms with Crippen molar-refractivity contribution in [2.45, 2.75) is 32.7 Å². The molecule has 0 fully saturated rings. The summed E-state index contributed by atoms with van der Waals surface area (Å²) in [5.74, 6) is -0.779. The summed E-state index contributed by atoms with van der Waals surface area (Å²) in [6, 6.07) is 0. The maximum absolute atomic E-state index is 10.3. The number of carboxylic acids is 1. The Balaban J connectivity index is 2.47. The Bertz CT molecular complexity index is 323. The van der Waals surface area contributed by atoms with E-state index in [2.05, 4.69) is 5.10 Å². The third-order valence-electron chi connectivity index (χ3n) is 1.90. The molecule has 0 aliphatic carbocycles. The van der Waals surface area contributed by atoms with Gasteiger partial charge in [0, 0.05) is 19.2 Å². The van der Waals surface area contributed by atoms with Crippen molar-refractivity contribution >= 4 is 17.6 Å². The molecule has 0 aliphatic heterocycles. The predicted octanol–water partition coefficient (Wildman–Crippen LogP) is 1.96. The minimum Gasteiger partial charge on any atom is -0.481 e. The topological polar surface area (TPSA) is 55.1 Å². The average Bonchev–Trinajstić information content (AvgIpc) is 2.45. The second-order valence-corrected chi connectivity index (χ2v) is 3.44. The van der Waals surface area contributed by atoms with E-state index >= 15 is 0 Å². The quantitative estimate of drug-likeness (QED) is 0.819. The lowest BCUT2D eigenvalue weighted by Crippen LogP contribution is -2.02. The van der Waals surface area contributed by atoms with Crippen LogP contribution in [0.5, 0.6) is 0 Å². The van der Waals surface area contributed by atoms with E-state index in [0.29, 0.717) is 18.0 Å². The molecule has 0 aromatic carbocycles. The molecule has 1 aromatic heterocycles. The molecule has 1 heterocycles. The fourth-order valence-electron chi connectivity index (χ4n) is 1.18. The number of carboxylic acid groups (broad SMARTS) is 1. The van der Waals surface area contributed by atoms with Crippen molar-refractivity contribution in [1.82, 2.24) is 9.78 Å². The van der Waals surface area contributed by atoms with Crippen molar-refractivity contribution in [3.05, 3.63) is 16.9 Å². The highest BCUT2D eigenvalue weighted by Gasteiger charge is 2.04. The Hall–Kier alpha value is -1.03. The number of halogens is 1. The molecule has 0 spiro atoms. The summed E-state index contributed by atoms with van der Waals surface area (Å²) in [6.07, 6.45) is 3.28. The first-order chi connectivity index (χ1) is 6.63. The molecular formula is C9H13ClN2O2. The number of nitrogens with zero attached hydrogens (tertiary/aromatic N) is 2. The highest BCUT2D eigenvalue weighted by Crippen LogP contribution is 2.14. The van der Waals surface area contributed by atoms with E-state index in [1.54, 1.807) is 10.9 Å². The number of rotatable bonds is 5. The van der Waals surface area contributed by atoms with E-state index in [1.807, 2.05) is 6.92 Å². The molecule has 5 heteroatoms. The van der Waals surface area contributed by atoms with Crippen LogP contribution in [0.25, 0.3) is 0 Å². The maximum atomic E-state index is 10.3. The molecule has 78 valence electrons. The van der Waals surface area contributed by atoms with Crippen molar-refractivity contribution in [1.29, 1.82) is 0 Å². The lowest BCUT2D eigenvalue weighted by Gasteiger charge is -1.97. The monoisotopic (exact) mass is 216 g/mol. The van der Waals surface area contributed by atoms with Crippen molar-refractivity contribution < 1.29 is 9.90 Å². The van der Waals surface area contributed by atoms with Gasteiger partial charge in [-0.1, -0.05) is 18.5 Å². The third kappa shape index (κ3) is 3.03. The van der Waals surface area contributed by atoms with Crippen molar-refractivity contribution in [2.24, 2.45) is 0 Å². The molecule has 0 saturated heterocycles. The van der Waals surface area contributed by atoms with Gasteiger partial charge >= 0.3 is 5.97 Å². The van der Waals surface area contributed by atoms with Crippen molar-refractivity contribution in [3.8, 4) is 0 Å². The van der Waals surface area contributed by atoms with Gasteiger partial charge in [-0.2, -0.15) is 5.10 Å². The van der Waals surface area contributed by atoms with Gasteiger partial charge in [0.2, 0.25) is 0 Å². The molecule has 0 aliphatic rings. The van der Waals surface area contributed by atoms with E-state index in [-0.39, 0.29) is 6.42 Å². The standard InChI is InChI=1S/C9H13ClN2O2/c1-2-8-7(10)6-12(11-8)5-3-4-9(13)14/h6H,2-5H2,1H3,(H,13,14). The van der Waals surface area contributed by atoms with Crippen LogP contribution in [0.4, 0.5) is 0 Å². The number of hydrogen-bond donors (Lipinski definition) is 1. The van der Waals surface area contributed by atoms with Crippen LogP contribution in [0.2, 0.25) is 5.02 Å². The van der Waals surface area contributed by atoms with E-state index in [4.69, 9.17) is 16.7 Å². The van der Waals surface area contributed by atoms with Gasteiger partial charge in [-0.3, -0.25) is 9.48 Å². The summed E-state index contributed by atoms with van der Waals surface area (Å²) in [5.41, 5.74) is 0.863. The Labute approximate surface area is 87.5 Å². The summed E-state index contributed by atoms with van der Waals surface area (Å²) >= 11 is 5.89. The molecule has 1 aromatic rings. The highest BCUT2D eigenvalue weighted by atomic mass is 35.5. The minimum atomic E-state index is -0.779. The van der Waals surface area contributed by atoms with Crippen LogP contribution in [0.3, 0.4) is 0 Å². The largest absolute Gasteiger partial charge is 0.481 e. The van der Waals surface area contributed by atoms with Gasteiger partial charge in [-0.25, -0.2) is 0 Å². The SMILES string of the molecule is CCc1nn(CCCC(=O)O)cc1Cl. The highest BCUT2D eigenvalue weighted by molar-refractivity contribution is 6.31. The Morgan fingerprint density at radius 2 is 2.43 bits per heavy atom. The first-order valence-corrected chi connectivity index (χ1v) is 4.95. The van der Waals surface area contributed by atoms with Gasteiger partial charge < -0.3 is 5.11 Å². The van der Waals surface area contributed by atoms with Gasteiger partial charge in [-0.15, -0.1) is 0 Å². The number of aromatic nitrogens is 2. The molecule has 4 nitrogen and oxygen atoms in total. The minimum absolute atomic E-state index is 0.166. The van der Waals surface area contributed by atoms with Crippen LogP contribution in [0.15, 0.2) is 6.20 Å². The zero-order valence-corrected chi connectivity index (χ0v) is 8.79. The first kappa shape index (κ1) is 11.0. The van der Waals surface area contributed by atoms with Gasteiger partial charge in [-0.05, 0) is 12.8 Å². The van der Waals surface area contributed by atoms with E-state index in [9.17, 15) is 4.79 Å². The second kappa shape index (κ2) is 5.00. The maximum Gasteiger partial charge on any atom is 0.303 e. The number of carbonyl (C=O) groups is 1. The zero-order chi connectivity index (χ0) is 10.6. The number of aryl methyl sites for hydroxylation is 2. The molecule has 0 radical (unpaired) electrons. The molecular weight excluding hydrogens is 204 g/mol. The van der Waals surface area contributed by atoms with Crippen LogP contribution >= 0.6 is 11.6 Å². The lowest BCUT2D eigenvalue weighted by molar-refractivity contribution is -0.137. The Morgan fingerprint density at radius 3 is 2.93 bits per heavy atom. The van der Waals surface area contributed by atoms with Crippen molar-refractivity contribution in [2.75, 3.05) is 0 Å². The summed E-state index contributed by atoms with van der Waals surface area (Å²) in [7, 11) is 0. The summed E-state index contributed by atoms with van der Waals surface area (Å²) in [6.45, 7) is 2.59. The van der Waals surface area contributed by atoms with Gasteiger partial charge in [0.1, 0.15) is 0 Å². The van der Waals surface area contributed by atoms with E-state index in [1.165, 1.54) is 0 Å². The lowest BCUT2D eigenvalue weighted by atomic mass is 10.3.